The number of hydrogen-bond donors (Lipinski definition) is 2. The van der Waals surface area contributed by atoms with Crippen molar-refractivity contribution in [3.05, 3.63) is 59.0 Å². The average Bonchev–Trinajstić information content (AvgIpc) is 3.13. The molecule has 174 valence electrons. The predicted octanol–water partition coefficient (Wildman–Crippen LogP) is 5.73. The first kappa shape index (κ1) is 24.7. The number of anilines is 2. The number of amides is 2. The Kier molecular flexibility index (Phi) is 8.40. The summed E-state index contributed by atoms with van der Waals surface area (Å²) in [6.45, 7) is 2.67. The molecule has 0 aliphatic heterocycles. The monoisotopic (exact) mass is 491 g/mol. The van der Waals surface area contributed by atoms with Crippen LogP contribution in [-0.4, -0.2) is 34.4 Å². The van der Waals surface area contributed by atoms with E-state index in [0.29, 0.717) is 16.5 Å². The number of benzene rings is 2. The molecule has 6 nitrogen and oxygen atoms in total. The van der Waals surface area contributed by atoms with E-state index in [1.165, 1.54) is 35.2 Å². The minimum absolute atomic E-state index is 0.0624. The van der Waals surface area contributed by atoms with E-state index in [9.17, 15) is 18.4 Å². The van der Waals surface area contributed by atoms with Gasteiger partial charge in [-0.05, 0) is 57.2 Å². The van der Waals surface area contributed by atoms with Gasteiger partial charge in [0.15, 0.2) is 5.13 Å². The van der Waals surface area contributed by atoms with Gasteiger partial charge in [0.2, 0.25) is 11.8 Å². The summed E-state index contributed by atoms with van der Waals surface area (Å²) in [4.78, 5) is 30.0. The third kappa shape index (κ3) is 7.26. The molecule has 1 aromatic heterocycles. The molecule has 33 heavy (non-hydrogen) atoms. The number of hydrogen-bond acceptors (Lipinski definition) is 6. The molecular formula is C23H23F2N3O3S2. The van der Waals surface area contributed by atoms with Gasteiger partial charge in [-0.1, -0.05) is 17.7 Å². The Morgan fingerprint density at radius 2 is 1.73 bits per heavy atom. The summed E-state index contributed by atoms with van der Waals surface area (Å²) >= 11 is 2.54. The molecule has 2 amide bonds. The second-order valence-electron chi connectivity index (χ2n) is 7.18. The maximum Gasteiger partial charge on any atom is 0.387 e. The lowest BCUT2D eigenvalue weighted by atomic mass is 10.1. The zero-order valence-corrected chi connectivity index (χ0v) is 19.9. The molecule has 0 aliphatic rings. The van der Waals surface area contributed by atoms with Crippen molar-refractivity contribution in [2.45, 2.75) is 32.6 Å². The Labute approximate surface area is 198 Å². The third-order valence-corrected chi connectivity index (χ3v) is 6.58. The van der Waals surface area contributed by atoms with Crippen molar-refractivity contribution in [2.75, 3.05) is 16.4 Å². The first-order valence-corrected chi connectivity index (χ1v) is 11.9. The predicted molar refractivity (Wildman–Crippen MR) is 129 cm³/mol. The van der Waals surface area contributed by atoms with Gasteiger partial charge in [0.05, 0.1) is 16.7 Å². The van der Waals surface area contributed by atoms with Crippen LogP contribution in [-0.2, 0) is 9.59 Å². The van der Waals surface area contributed by atoms with Crippen molar-refractivity contribution in [1.29, 1.82) is 0 Å². The zero-order valence-electron chi connectivity index (χ0n) is 18.2. The van der Waals surface area contributed by atoms with Gasteiger partial charge in [-0.2, -0.15) is 8.78 Å². The molecule has 0 bridgehead atoms. The van der Waals surface area contributed by atoms with Gasteiger partial charge < -0.3 is 15.4 Å². The lowest BCUT2D eigenvalue weighted by Crippen LogP contribution is -2.25. The molecule has 1 heterocycles. The van der Waals surface area contributed by atoms with Crippen LogP contribution in [0.25, 0.3) is 11.3 Å². The van der Waals surface area contributed by atoms with Crippen LogP contribution in [0.15, 0.2) is 48.5 Å². The molecule has 1 unspecified atom stereocenters. The lowest BCUT2D eigenvalue weighted by molar-refractivity contribution is -0.115. The Hall–Kier alpha value is -2.98. The third-order valence-electron chi connectivity index (χ3n) is 4.55. The van der Waals surface area contributed by atoms with E-state index in [1.54, 1.807) is 19.1 Å². The van der Waals surface area contributed by atoms with Crippen LogP contribution in [0.5, 0.6) is 5.75 Å². The minimum atomic E-state index is -2.88. The molecule has 3 aromatic rings. The normalized spacial score (nSPS) is 11.8. The van der Waals surface area contributed by atoms with E-state index in [0.717, 1.165) is 16.0 Å². The minimum Gasteiger partial charge on any atom is -0.435 e. The second kappa shape index (κ2) is 11.2. The van der Waals surface area contributed by atoms with Crippen LogP contribution in [0.2, 0.25) is 0 Å². The first-order chi connectivity index (χ1) is 15.7. The molecule has 0 radical (unpaired) electrons. The SMILES string of the molecule is Cc1ccc(NC(=O)CSC(C)C(=O)Nc2nc(-c3ccc(OC(F)F)cc3)c(C)s2)cc1. The number of aromatic nitrogens is 1. The fourth-order valence-corrected chi connectivity index (χ4v) is 4.35. The molecule has 0 spiro atoms. The van der Waals surface area contributed by atoms with Crippen LogP contribution in [0, 0.1) is 13.8 Å². The Morgan fingerprint density at radius 3 is 2.36 bits per heavy atom. The number of aryl methyl sites for hydroxylation is 2. The summed E-state index contributed by atoms with van der Waals surface area (Å²) in [7, 11) is 0. The smallest absolute Gasteiger partial charge is 0.387 e. The van der Waals surface area contributed by atoms with Crippen LogP contribution < -0.4 is 15.4 Å². The first-order valence-electron chi connectivity index (χ1n) is 10.0. The molecule has 0 fully saturated rings. The largest absolute Gasteiger partial charge is 0.435 e. The van der Waals surface area contributed by atoms with Crippen molar-refractivity contribution in [3.8, 4) is 17.0 Å². The van der Waals surface area contributed by atoms with Gasteiger partial charge >= 0.3 is 6.61 Å². The molecule has 2 aromatic carbocycles. The van der Waals surface area contributed by atoms with E-state index < -0.39 is 11.9 Å². The molecular weight excluding hydrogens is 468 g/mol. The topological polar surface area (TPSA) is 80.3 Å². The molecule has 3 rings (SSSR count). The van der Waals surface area contributed by atoms with Gasteiger partial charge in [-0.25, -0.2) is 4.98 Å². The number of rotatable bonds is 9. The van der Waals surface area contributed by atoms with Gasteiger partial charge in [0, 0.05) is 16.1 Å². The van der Waals surface area contributed by atoms with Crippen molar-refractivity contribution in [1.82, 2.24) is 4.98 Å². The standard InChI is InChI=1S/C23H23F2N3O3S2/c1-13-4-8-17(9-5-13)26-19(29)12-32-15(3)21(30)28-23-27-20(14(2)33-23)16-6-10-18(11-7-16)31-22(24)25/h4-11,15,22H,12H2,1-3H3,(H,26,29)(H,27,28,30). The summed E-state index contributed by atoms with van der Waals surface area (Å²) in [6, 6.07) is 13.6. The second-order valence-corrected chi connectivity index (χ2v) is 9.72. The van der Waals surface area contributed by atoms with E-state index in [4.69, 9.17) is 0 Å². The maximum absolute atomic E-state index is 12.5. The maximum atomic E-state index is 12.5. The summed E-state index contributed by atoms with van der Waals surface area (Å²) in [5, 5.41) is 5.55. The quantitative estimate of drug-likeness (QED) is 0.400. The number of thiazole rings is 1. The number of alkyl halides is 2. The Bertz CT molecular complexity index is 1100. The van der Waals surface area contributed by atoms with Crippen molar-refractivity contribution in [2.24, 2.45) is 0 Å². The van der Waals surface area contributed by atoms with Crippen molar-refractivity contribution < 1.29 is 23.1 Å². The Balaban J connectivity index is 1.53. The van der Waals surface area contributed by atoms with Crippen LogP contribution in [0.1, 0.15) is 17.4 Å². The fraction of sp³-hybridized carbons (Fsp3) is 0.261. The van der Waals surface area contributed by atoms with Crippen LogP contribution in [0.4, 0.5) is 19.6 Å². The molecule has 0 saturated carbocycles. The van der Waals surface area contributed by atoms with E-state index in [2.05, 4.69) is 20.4 Å². The number of carbonyl (C=O) groups excluding carboxylic acids is 2. The average molecular weight is 492 g/mol. The van der Waals surface area contributed by atoms with E-state index in [-0.39, 0.29) is 23.3 Å². The number of thioether (sulfide) groups is 1. The summed E-state index contributed by atoms with van der Waals surface area (Å²) in [5.74, 6) is -0.246. The van der Waals surface area contributed by atoms with Crippen molar-refractivity contribution in [3.63, 3.8) is 0 Å². The summed E-state index contributed by atoms with van der Waals surface area (Å²) in [5.41, 5.74) is 3.19. The van der Waals surface area contributed by atoms with E-state index in [1.807, 2.05) is 38.1 Å². The van der Waals surface area contributed by atoms with Crippen LogP contribution >= 0.6 is 23.1 Å². The number of halogens is 2. The molecule has 10 heteroatoms. The summed E-state index contributed by atoms with van der Waals surface area (Å²) < 4.78 is 29.0. The Morgan fingerprint density at radius 1 is 1.06 bits per heavy atom. The van der Waals surface area contributed by atoms with E-state index >= 15 is 0 Å². The number of nitrogens with one attached hydrogen (secondary N) is 2. The summed E-state index contributed by atoms with van der Waals surface area (Å²) in [6.07, 6.45) is 0. The molecule has 1 atom stereocenters. The van der Waals surface area contributed by atoms with Gasteiger partial charge in [-0.3, -0.25) is 9.59 Å². The van der Waals surface area contributed by atoms with Gasteiger partial charge in [-0.15, -0.1) is 23.1 Å². The van der Waals surface area contributed by atoms with Crippen LogP contribution in [0.3, 0.4) is 0 Å². The molecule has 0 aliphatic carbocycles. The highest BCUT2D eigenvalue weighted by atomic mass is 32.2. The molecule has 0 saturated heterocycles. The highest BCUT2D eigenvalue weighted by Crippen LogP contribution is 2.32. The highest BCUT2D eigenvalue weighted by Gasteiger charge is 2.18. The zero-order chi connectivity index (χ0) is 24.0. The lowest BCUT2D eigenvalue weighted by Gasteiger charge is -2.11. The highest BCUT2D eigenvalue weighted by molar-refractivity contribution is 8.01. The fourth-order valence-electron chi connectivity index (χ4n) is 2.83. The van der Waals surface area contributed by atoms with Gasteiger partial charge in [0.25, 0.3) is 0 Å². The van der Waals surface area contributed by atoms with Gasteiger partial charge in [0.1, 0.15) is 5.75 Å². The molecule has 2 N–H and O–H groups in total. The number of nitrogens with zero attached hydrogens (tertiary/aromatic N) is 1. The number of carbonyl (C=O) groups is 2. The van der Waals surface area contributed by atoms with Crippen molar-refractivity contribution >= 4 is 45.7 Å². The number of ether oxygens (including phenoxy) is 1.